The third-order valence-corrected chi connectivity index (χ3v) is 12.0. The Morgan fingerprint density at radius 2 is 1.77 bits per heavy atom. The van der Waals surface area contributed by atoms with Crippen LogP contribution in [0.3, 0.4) is 0 Å². The number of fused-ring (bicyclic) bond motifs is 1. The second-order valence-electron chi connectivity index (χ2n) is 10.8. The van der Waals surface area contributed by atoms with Crippen molar-refractivity contribution in [3.63, 3.8) is 0 Å². The van der Waals surface area contributed by atoms with Gasteiger partial charge in [-0.3, -0.25) is 4.21 Å². The van der Waals surface area contributed by atoms with E-state index in [1.165, 1.54) is 24.3 Å². The molecule has 0 radical (unpaired) electrons. The number of hydrogen-bond donors (Lipinski definition) is 0. The van der Waals surface area contributed by atoms with Crippen molar-refractivity contribution in [2.75, 3.05) is 48.9 Å². The van der Waals surface area contributed by atoms with E-state index >= 15 is 0 Å². The number of benzene rings is 1. The second kappa shape index (κ2) is 10.8. The van der Waals surface area contributed by atoms with Crippen LogP contribution in [0.4, 0.5) is 11.8 Å². The quantitative estimate of drug-likeness (QED) is 0.457. The highest BCUT2D eigenvalue weighted by atomic mass is 32.2. The Hall–Kier alpha value is -2.57. The van der Waals surface area contributed by atoms with Gasteiger partial charge >= 0.3 is 5.97 Å². The van der Waals surface area contributed by atoms with Crippen molar-refractivity contribution in [3.05, 3.63) is 35.5 Å². The number of hydrogen-bond acceptors (Lipinski definition) is 10. The molecule has 1 aromatic heterocycles. The molecule has 1 saturated carbocycles. The Morgan fingerprint density at radius 3 is 2.46 bits per heavy atom. The smallest absolute Gasteiger partial charge is 0.338 e. The van der Waals surface area contributed by atoms with Crippen molar-refractivity contribution in [3.8, 4) is 0 Å². The van der Waals surface area contributed by atoms with Gasteiger partial charge in [0.2, 0.25) is 5.95 Å². The highest BCUT2D eigenvalue weighted by Crippen LogP contribution is 2.35. The average Bonchev–Trinajstić information content (AvgIpc) is 3.61. The van der Waals surface area contributed by atoms with E-state index in [4.69, 9.17) is 19.4 Å². The van der Waals surface area contributed by atoms with Gasteiger partial charge in [0.25, 0.3) is 0 Å². The van der Waals surface area contributed by atoms with E-state index in [0.717, 1.165) is 42.1 Å². The lowest BCUT2D eigenvalue weighted by atomic mass is 10.1. The standard InChI is InChI=1S/C27H34N4O6S2/c1-30(19-10-13-36-14-11-19)25-24-23(12-15-38(24)33)28-27(29-25)31-16-20(17-31)37-26(32)18-6-8-22(9-7-18)39(34,35)21-4-2-3-5-21/h6-9,19-21H,2-5,10-17H2,1H3. The molecule has 39 heavy (non-hydrogen) atoms. The Balaban J connectivity index is 1.10. The molecule has 10 nitrogen and oxygen atoms in total. The van der Waals surface area contributed by atoms with Crippen LogP contribution in [0.15, 0.2) is 34.1 Å². The molecule has 6 rings (SSSR count). The van der Waals surface area contributed by atoms with Crippen molar-refractivity contribution in [1.29, 1.82) is 0 Å². The number of aryl methyl sites for hydroxylation is 1. The molecule has 3 aliphatic heterocycles. The van der Waals surface area contributed by atoms with Gasteiger partial charge in [-0.25, -0.2) is 18.2 Å². The minimum absolute atomic E-state index is 0.261. The Bertz CT molecular complexity index is 1370. The van der Waals surface area contributed by atoms with Crippen LogP contribution in [0.25, 0.3) is 0 Å². The number of nitrogens with zero attached hydrogens (tertiary/aromatic N) is 4. The molecule has 0 bridgehead atoms. The molecule has 2 saturated heterocycles. The maximum Gasteiger partial charge on any atom is 0.338 e. The first-order valence-electron chi connectivity index (χ1n) is 13.7. The number of aromatic nitrogens is 2. The first-order chi connectivity index (χ1) is 18.8. The third kappa shape index (κ3) is 5.18. The Morgan fingerprint density at radius 1 is 1.08 bits per heavy atom. The number of carbonyl (C=O) groups excluding carboxylic acids is 1. The third-order valence-electron chi connectivity index (χ3n) is 8.29. The van der Waals surface area contributed by atoms with Crippen LogP contribution in [0.5, 0.6) is 0 Å². The predicted molar refractivity (Wildman–Crippen MR) is 147 cm³/mol. The zero-order chi connectivity index (χ0) is 27.1. The molecule has 4 aliphatic rings. The molecule has 1 aromatic carbocycles. The number of carbonyl (C=O) groups is 1. The molecular weight excluding hydrogens is 540 g/mol. The van der Waals surface area contributed by atoms with Crippen LogP contribution in [-0.2, 0) is 36.5 Å². The fourth-order valence-electron chi connectivity index (χ4n) is 5.86. The van der Waals surface area contributed by atoms with Crippen molar-refractivity contribution in [1.82, 2.24) is 9.97 Å². The first-order valence-corrected chi connectivity index (χ1v) is 16.6. The van der Waals surface area contributed by atoms with E-state index in [9.17, 15) is 17.4 Å². The van der Waals surface area contributed by atoms with E-state index in [2.05, 4.69) is 4.90 Å². The number of anilines is 2. The lowest BCUT2D eigenvalue weighted by Gasteiger charge is -2.39. The van der Waals surface area contributed by atoms with Crippen molar-refractivity contribution in [2.24, 2.45) is 0 Å². The molecule has 1 unspecified atom stereocenters. The molecule has 0 spiro atoms. The van der Waals surface area contributed by atoms with Crippen LogP contribution >= 0.6 is 0 Å². The Labute approximate surface area is 231 Å². The van der Waals surface area contributed by atoms with Gasteiger partial charge in [0.05, 0.1) is 45.3 Å². The minimum atomic E-state index is -3.36. The fraction of sp³-hybridized carbons (Fsp3) is 0.593. The number of ether oxygens (including phenoxy) is 2. The summed E-state index contributed by atoms with van der Waals surface area (Å²) in [6.45, 7) is 2.33. The zero-order valence-electron chi connectivity index (χ0n) is 22.1. The maximum atomic E-state index is 12.8. The van der Waals surface area contributed by atoms with E-state index < -0.39 is 26.6 Å². The predicted octanol–water partition coefficient (Wildman–Crippen LogP) is 2.52. The summed E-state index contributed by atoms with van der Waals surface area (Å²) in [6, 6.07) is 6.35. The van der Waals surface area contributed by atoms with E-state index in [0.29, 0.717) is 62.8 Å². The number of sulfone groups is 1. The van der Waals surface area contributed by atoms with E-state index in [-0.39, 0.29) is 22.3 Å². The summed E-state index contributed by atoms with van der Waals surface area (Å²) in [5, 5.41) is -0.324. The summed E-state index contributed by atoms with van der Waals surface area (Å²) in [5.74, 6) is 1.37. The van der Waals surface area contributed by atoms with Crippen molar-refractivity contribution < 1.29 is 26.9 Å². The largest absolute Gasteiger partial charge is 0.455 e. The minimum Gasteiger partial charge on any atom is -0.455 e. The SMILES string of the molecule is CN(c1nc(N2CC(OC(=O)c3ccc(S(=O)(=O)C4CCCC4)cc3)C2)nc2c1S(=O)CC2)C1CCOCC1. The topological polar surface area (TPSA) is 119 Å². The zero-order valence-corrected chi connectivity index (χ0v) is 23.7. The summed E-state index contributed by atoms with van der Waals surface area (Å²) in [7, 11) is -2.47. The summed E-state index contributed by atoms with van der Waals surface area (Å²) in [4.78, 5) is 27.4. The van der Waals surface area contributed by atoms with Crippen LogP contribution in [0, 0.1) is 0 Å². The first kappa shape index (κ1) is 26.6. The van der Waals surface area contributed by atoms with Gasteiger partial charge < -0.3 is 19.3 Å². The molecule has 4 heterocycles. The van der Waals surface area contributed by atoms with Crippen LogP contribution in [-0.4, -0.2) is 85.1 Å². The normalized spacial score (nSPS) is 22.5. The monoisotopic (exact) mass is 574 g/mol. The summed E-state index contributed by atoms with van der Waals surface area (Å²) < 4.78 is 49.6. The van der Waals surface area contributed by atoms with E-state index in [1.54, 1.807) is 0 Å². The van der Waals surface area contributed by atoms with Gasteiger partial charge in [-0.2, -0.15) is 4.98 Å². The highest BCUT2D eigenvalue weighted by molar-refractivity contribution is 7.92. The van der Waals surface area contributed by atoms with Crippen LogP contribution in [0.1, 0.15) is 54.6 Å². The van der Waals surface area contributed by atoms with E-state index in [1.807, 2.05) is 11.9 Å². The van der Waals surface area contributed by atoms with Gasteiger partial charge in [-0.15, -0.1) is 0 Å². The highest BCUT2D eigenvalue weighted by Gasteiger charge is 2.36. The van der Waals surface area contributed by atoms with Crippen LogP contribution in [0.2, 0.25) is 0 Å². The average molecular weight is 575 g/mol. The molecular formula is C27H34N4O6S2. The van der Waals surface area contributed by atoms with Gasteiger partial charge in [-0.05, 0) is 49.9 Å². The molecule has 210 valence electrons. The number of rotatable bonds is 7. The lowest BCUT2D eigenvalue weighted by molar-refractivity contribution is 0.0231. The molecule has 0 amide bonds. The maximum absolute atomic E-state index is 12.8. The van der Waals surface area contributed by atoms with Crippen LogP contribution < -0.4 is 9.80 Å². The van der Waals surface area contributed by atoms with Crippen molar-refractivity contribution in [2.45, 2.75) is 72.1 Å². The second-order valence-corrected chi connectivity index (χ2v) is 14.5. The van der Waals surface area contributed by atoms with Gasteiger partial charge in [-0.1, -0.05) is 12.8 Å². The Kier molecular flexibility index (Phi) is 7.36. The molecule has 2 aromatic rings. The van der Waals surface area contributed by atoms with Gasteiger partial charge in [0.1, 0.15) is 11.0 Å². The summed E-state index contributed by atoms with van der Waals surface area (Å²) >= 11 is 0. The molecule has 3 fully saturated rings. The molecule has 1 aliphatic carbocycles. The summed E-state index contributed by atoms with van der Waals surface area (Å²) in [5.41, 5.74) is 1.16. The summed E-state index contributed by atoms with van der Waals surface area (Å²) in [6.07, 6.45) is 5.41. The molecule has 12 heteroatoms. The number of esters is 1. The molecule has 1 atom stereocenters. The van der Waals surface area contributed by atoms with Gasteiger partial charge in [0.15, 0.2) is 15.7 Å². The lowest BCUT2D eigenvalue weighted by Crippen LogP contribution is -2.54. The van der Waals surface area contributed by atoms with Gasteiger partial charge in [0, 0.05) is 38.5 Å². The van der Waals surface area contributed by atoms with Crippen molar-refractivity contribution >= 4 is 38.4 Å². The molecule has 0 N–H and O–H groups in total. The fourth-order valence-corrected chi connectivity index (χ4v) is 9.10.